The Hall–Kier alpha value is -1.45. The van der Waals surface area contributed by atoms with E-state index in [-0.39, 0.29) is 16.4 Å². The molecule has 128 valence electrons. The summed E-state index contributed by atoms with van der Waals surface area (Å²) in [5, 5.41) is 0. The maximum Gasteiger partial charge on any atom is 0.338 e. The van der Waals surface area contributed by atoms with Crippen LogP contribution in [-0.2, 0) is 19.6 Å². The molecular weight excluding hydrogens is 388 g/mol. The number of likely N-dealkylation sites (N-methyl/N-ethyl adjacent to an activating group) is 1. The van der Waals surface area contributed by atoms with Crippen LogP contribution in [0, 0.1) is 0 Å². The molecule has 23 heavy (non-hydrogen) atoms. The highest BCUT2D eigenvalue weighted by atomic mass is 79.9. The molecule has 0 aliphatic rings. The summed E-state index contributed by atoms with van der Waals surface area (Å²) in [6.45, 7) is 1.45. The maximum atomic E-state index is 12.2. The molecule has 0 saturated carbocycles. The molecule has 0 fully saturated rings. The molecule has 0 radical (unpaired) electrons. The average molecular weight is 407 g/mol. The van der Waals surface area contributed by atoms with Gasteiger partial charge in [0.15, 0.2) is 6.10 Å². The predicted molar refractivity (Wildman–Crippen MR) is 88.6 cm³/mol. The van der Waals surface area contributed by atoms with Gasteiger partial charge in [-0.15, -0.1) is 0 Å². The minimum Gasteiger partial charge on any atom is -0.449 e. The van der Waals surface area contributed by atoms with E-state index in [0.29, 0.717) is 4.47 Å². The first-order valence-electron chi connectivity index (χ1n) is 6.62. The molecule has 0 spiro atoms. The minimum atomic E-state index is -3.72. The van der Waals surface area contributed by atoms with Crippen LogP contribution in [0.2, 0.25) is 0 Å². The van der Waals surface area contributed by atoms with E-state index in [9.17, 15) is 18.0 Å². The lowest BCUT2D eigenvalue weighted by Crippen LogP contribution is -2.35. The average Bonchev–Trinajstić information content (AvgIpc) is 2.45. The van der Waals surface area contributed by atoms with E-state index < -0.39 is 22.1 Å². The Kier molecular flexibility index (Phi) is 6.32. The van der Waals surface area contributed by atoms with Gasteiger partial charge in [-0.05, 0) is 41.1 Å². The standard InChI is InChI=1S/C14H19BrN2O5S/c1-9(13(18)16(2)3)22-14(19)10-6-7-11(15)12(8-10)23(20,21)17(4)5/h6-9H,1-5H3/t9-/m0/s1. The minimum absolute atomic E-state index is 0.0482. The lowest BCUT2D eigenvalue weighted by Gasteiger charge is -2.18. The van der Waals surface area contributed by atoms with Crippen molar-refractivity contribution in [2.75, 3.05) is 28.2 Å². The van der Waals surface area contributed by atoms with Gasteiger partial charge in [0.25, 0.3) is 5.91 Å². The summed E-state index contributed by atoms with van der Waals surface area (Å²) >= 11 is 3.16. The molecule has 0 N–H and O–H groups in total. The number of carbonyl (C=O) groups excluding carboxylic acids is 2. The SMILES string of the molecule is C[C@H](OC(=O)c1ccc(Br)c(S(=O)(=O)N(C)C)c1)C(=O)N(C)C. The molecule has 0 bridgehead atoms. The largest absolute Gasteiger partial charge is 0.449 e. The van der Waals surface area contributed by atoms with Gasteiger partial charge in [-0.3, -0.25) is 4.79 Å². The smallest absolute Gasteiger partial charge is 0.338 e. The lowest BCUT2D eigenvalue weighted by molar-refractivity contribution is -0.137. The number of carbonyl (C=O) groups is 2. The Bertz CT molecular complexity index is 716. The van der Waals surface area contributed by atoms with Gasteiger partial charge in [0.05, 0.1) is 10.5 Å². The fourth-order valence-electron chi connectivity index (χ4n) is 1.67. The van der Waals surface area contributed by atoms with Crippen LogP contribution in [-0.4, -0.2) is 63.8 Å². The van der Waals surface area contributed by atoms with Crippen LogP contribution >= 0.6 is 15.9 Å². The molecule has 0 aliphatic carbocycles. The highest BCUT2D eigenvalue weighted by Crippen LogP contribution is 2.25. The maximum absolute atomic E-state index is 12.2. The second-order valence-corrected chi connectivity index (χ2v) is 8.19. The molecule has 0 aromatic heterocycles. The molecule has 0 heterocycles. The quantitative estimate of drug-likeness (QED) is 0.688. The molecule has 0 saturated heterocycles. The van der Waals surface area contributed by atoms with Crippen LogP contribution < -0.4 is 0 Å². The van der Waals surface area contributed by atoms with Gasteiger partial charge in [-0.25, -0.2) is 17.5 Å². The van der Waals surface area contributed by atoms with E-state index >= 15 is 0 Å². The number of sulfonamides is 1. The third kappa shape index (κ3) is 4.52. The highest BCUT2D eigenvalue weighted by Gasteiger charge is 2.24. The highest BCUT2D eigenvalue weighted by molar-refractivity contribution is 9.10. The van der Waals surface area contributed by atoms with Gasteiger partial charge in [0.1, 0.15) is 0 Å². The first kappa shape index (κ1) is 19.6. The molecule has 1 amide bonds. The van der Waals surface area contributed by atoms with Gasteiger partial charge in [-0.1, -0.05) is 0 Å². The molecule has 1 atom stereocenters. The van der Waals surface area contributed by atoms with Crippen molar-refractivity contribution in [1.82, 2.24) is 9.21 Å². The molecule has 1 aromatic rings. The summed E-state index contributed by atoms with van der Waals surface area (Å²) in [7, 11) is 2.17. The van der Waals surface area contributed by atoms with Crippen LogP contribution in [0.1, 0.15) is 17.3 Å². The number of nitrogens with zero attached hydrogens (tertiary/aromatic N) is 2. The zero-order valence-corrected chi connectivity index (χ0v) is 15.9. The zero-order chi connectivity index (χ0) is 17.9. The van der Waals surface area contributed by atoms with Crippen molar-refractivity contribution in [3.8, 4) is 0 Å². The van der Waals surface area contributed by atoms with Crippen LogP contribution in [0.3, 0.4) is 0 Å². The Balaban J connectivity index is 3.12. The van der Waals surface area contributed by atoms with Crippen molar-refractivity contribution in [2.45, 2.75) is 17.9 Å². The number of benzene rings is 1. The van der Waals surface area contributed by atoms with Crippen LogP contribution in [0.4, 0.5) is 0 Å². The zero-order valence-electron chi connectivity index (χ0n) is 13.5. The Morgan fingerprint density at radius 1 is 1.17 bits per heavy atom. The van der Waals surface area contributed by atoms with Gasteiger partial charge >= 0.3 is 5.97 Å². The number of hydrogen-bond acceptors (Lipinski definition) is 5. The molecule has 0 aliphatic heterocycles. The number of rotatable bonds is 5. The summed E-state index contributed by atoms with van der Waals surface area (Å²) in [5.41, 5.74) is 0.0482. The molecule has 1 rings (SSSR count). The fraction of sp³-hybridized carbons (Fsp3) is 0.429. The molecule has 1 aromatic carbocycles. The Morgan fingerprint density at radius 3 is 2.22 bits per heavy atom. The number of amides is 1. The second-order valence-electron chi connectivity index (χ2n) is 5.21. The number of hydrogen-bond donors (Lipinski definition) is 0. The molecule has 0 unspecified atom stereocenters. The van der Waals surface area contributed by atoms with E-state index in [1.807, 2.05) is 0 Å². The third-order valence-corrected chi connectivity index (χ3v) is 5.81. The van der Waals surface area contributed by atoms with Crippen molar-refractivity contribution in [3.05, 3.63) is 28.2 Å². The topological polar surface area (TPSA) is 84.0 Å². The van der Waals surface area contributed by atoms with Gasteiger partial charge < -0.3 is 9.64 Å². The lowest BCUT2D eigenvalue weighted by atomic mass is 10.2. The first-order chi connectivity index (χ1) is 10.5. The van der Waals surface area contributed by atoms with Crippen molar-refractivity contribution in [3.63, 3.8) is 0 Å². The molecular formula is C14H19BrN2O5S. The molecule has 9 heteroatoms. The summed E-state index contributed by atoms with van der Waals surface area (Å²) in [5.74, 6) is -1.13. The summed E-state index contributed by atoms with van der Waals surface area (Å²) < 4.78 is 30.9. The van der Waals surface area contributed by atoms with Crippen LogP contribution in [0.5, 0.6) is 0 Å². The summed E-state index contributed by atoms with van der Waals surface area (Å²) in [6, 6.07) is 4.09. The van der Waals surface area contributed by atoms with E-state index in [1.165, 1.54) is 44.1 Å². The van der Waals surface area contributed by atoms with Crippen molar-refractivity contribution < 1.29 is 22.7 Å². The van der Waals surface area contributed by atoms with Gasteiger partial charge in [0.2, 0.25) is 10.0 Å². The second kappa shape index (κ2) is 7.41. The number of halogens is 1. The first-order valence-corrected chi connectivity index (χ1v) is 8.86. The monoisotopic (exact) mass is 406 g/mol. The Morgan fingerprint density at radius 2 is 1.74 bits per heavy atom. The van der Waals surface area contributed by atoms with E-state index in [1.54, 1.807) is 14.1 Å². The van der Waals surface area contributed by atoms with Crippen molar-refractivity contribution in [1.29, 1.82) is 0 Å². The number of ether oxygens (including phenoxy) is 1. The third-order valence-electron chi connectivity index (χ3n) is 3.00. The molecule has 7 nitrogen and oxygen atoms in total. The summed E-state index contributed by atoms with van der Waals surface area (Å²) in [6.07, 6.45) is -0.963. The fourth-order valence-corrected chi connectivity index (χ4v) is 3.51. The Labute approximate surface area is 144 Å². The summed E-state index contributed by atoms with van der Waals surface area (Å²) in [4.78, 5) is 25.1. The van der Waals surface area contributed by atoms with E-state index in [0.717, 1.165) is 4.31 Å². The van der Waals surface area contributed by atoms with Crippen molar-refractivity contribution in [2.24, 2.45) is 0 Å². The number of esters is 1. The van der Waals surface area contributed by atoms with Crippen LogP contribution in [0.15, 0.2) is 27.6 Å². The normalized spacial score (nSPS) is 12.8. The predicted octanol–water partition coefficient (Wildman–Crippen LogP) is 1.33. The van der Waals surface area contributed by atoms with Gasteiger partial charge in [0, 0.05) is 32.7 Å². The van der Waals surface area contributed by atoms with Gasteiger partial charge in [-0.2, -0.15) is 0 Å². The van der Waals surface area contributed by atoms with Crippen LogP contribution in [0.25, 0.3) is 0 Å². The van der Waals surface area contributed by atoms with E-state index in [2.05, 4.69) is 15.9 Å². The van der Waals surface area contributed by atoms with Crippen molar-refractivity contribution >= 4 is 37.8 Å². The van der Waals surface area contributed by atoms with E-state index in [4.69, 9.17) is 4.74 Å².